The van der Waals surface area contributed by atoms with E-state index in [2.05, 4.69) is 15.5 Å². The number of nitrogens with one attached hydrogen (secondary N) is 1. The van der Waals surface area contributed by atoms with Crippen LogP contribution in [0.15, 0.2) is 53.6 Å². The number of amides is 1. The van der Waals surface area contributed by atoms with E-state index in [-0.39, 0.29) is 5.91 Å². The van der Waals surface area contributed by atoms with Gasteiger partial charge in [-0.25, -0.2) is 0 Å². The third-order valence-electron chi connectivity index (χ3n) is 3.33. The van der Waals surface area contributed by atoms with Crippen LogP contribution in [0, 0.1) is 0 Å². The Morgan fingerprint density at radius 2 is 2.04 bits per heavy atom. The summed E-state index contributed by atoms with van der Waals surface area (Å²) in [5, 5.41) is 11.0. The number of carbonyl (C=O) groups excluding carboxylic acids is 1. The van der Waals surface area contributed by atoms with E-state index in [0.717, 1.165) is 16.3 Å². The second-order valence-corrected chi connectivity index (χ2v) is 6.06. The molecule has 3 rings (SSSR count). The van der Waals surface area contributed by atoms with E-state index >= 15 is 0 Å². The Labute approximate surface area is 144 Å². The lowest BCUT2D eigenvalue weighted by Crippen LogP contribution is -2.25. The summed E-state index contributed by atoms with van der Waals surface area (Å²) in [5.41, 5.74) is 0.769. The minimum absolute atomic E-state index is 0.0402. The van der Waals surface area contributed by atoms with Crippen LogP contribution in [-0.4, -0.2) is 32.9 Å². The molecular weight excluding hydrogens is 324 g/mol. The molecule has 1 aromatic carbocycles. The predicted molar refractivity (Wildman–Crippen MR) is 93.2 cm³/mol. The molecule has 0 unspecified atom stereocenters. The number of pyridine rings is 1. The van der Waals surface area contributed by atoms with Crippen LogP contribution in [0.3, 0.4) is 0 Å². The zero-order valence-electron chi connectivity index (χ0n) is 13.3. The van der Waals surface area contributed by atoms with Crippen molar-refractivity contribution in [1.29, 1.82) is 0 Å². The molecule has 0 radical (unpaired) electrons. The molecule has 2 aromatic heterocycles. The summed E-state index contributed by atoms with van der Waals surface area (Å²) in [7, 11) is 0. The molecule has 0 saturated carbocycles. The van der Waals surface area contributed by atoms with E-state index in [9.17, 15) is 4.79 Å². The highest BCUT2D eigenvalue weighted by atomic mass is 32.2. The molecule has 0 fully saturated rings. The van der Waals surface area contributed by atoms with Crippen LogP contribution in [0.2, 0.25) is 0 Å². The van der Waals surface area contributed by atoms with Gasteiger partial charge in [-0.15, -0.1) is 22.0 Å². The van der Waals surface area contributed by atoms with Crippen LogP contribution in [0.25, 0.3) is 5.65 Å². The molecule has 0 aliphatic carbocycles. The van der Waals surface area contributed by atoms with Gasteiger partial charge in [0.1, 0.15) is 5.75 Å². The zero-order valence-corrected chi connectivity index (χ0v) is 14.1. The highest BCUT2D eigenvalue weighted by Gasteiger charge is 2.07. The lowest BCUT2D eigenvalue weighted by Gasteiger charge is -2.06. The van der Waals surface area contributed by atoms with Crippen molar-refractivity contribution in [3.8, 4) is 5.75 Å². The van der Waals surface area contributed by atoms with E-state index in [0.29, 0.717) is 24.7 Å². The van der Waals surface area contributed by atoms with E-state index in [1.807, 2.05) is 60.0 Å². The molecule has 0 atom stereocenters. The van der Waals surface area contributed by atoms with Crippen molar-refractivity contribution >= 4 is 23.3 Å². The fourth-order valence-electron chi connectivity index (χ4n) is 2.19. The predicted octanol–water partition coefficient (Wildman–Crippen LogP) is 2.54. The average Bonchev–Trinajstić information content (AvgIpc) is 3.03. The maximum absolute atomic E-state index is 12.0. The van der Waals surface area contributed by atoms with Gasteiger partial charge in [-0.1, -0.05) is 6.07 Å². The Bertz CT molecular complexity index is 817. The number of hydrogen-bond acceptors (Lipinski definition) is 5. The number of aromatic nitrogens is 3. The third-order valence-corrected chi connectivity index (χ3v) is 4.34. The monoisotopic (exact) mass is 342 g/mol. The lowest BCUT2D eigenvalue weighted by atomic mass is 10.3. The topological polar surface area (TPSA) is 68.5 Å². The Morgan fingerprint density at radius 3 is 2.83 bits per heavy atom. The van der Waals surface area contributed by atoms with Crippen molar-refractivity contribution in [3.63, 3.8) is 0 Å². The SMILES string of the molecule is CCOc1ccc(SCC(=O)NCc2nnc3ccccn23)cc1. The molecule has 3 aromatic rings. The van der Waals surface area contributed by atoms with Crippen LogP contribution < -0.4 is 10.1 Å². The number of hydrogen-bond donors (Lipinski definition) is 1. The molecule has 0 saturated heterocycles. The number of rotatable bonds is 7. The first-order chi connectivity index (χ1) is 11.8. The number of thioether (sulfide) groups is 1. The molecule has 0 bridgehead atoms. The summed E-state index contributed by atoms with van der Waals surface area (Å²) < 4.78 is 7.26. The molecule has 124 valence electrons. The Kier molecular flexibility index (Phi) is 5.32. The molecule has 0 aliphatic rings. The Balaban J connectivity index is 1.49. The maximum atomic E-state index is 12.0. The van der Waals surface area contributed by atoms with Crippen molar-refractivity contribution in [2.45, 2.75) is 18.4 Å². The summed E-state index contributed by atoms with van der Waals surface area (Å²) in [6, 6.07) is 13.4. The number of carbonyl (C=O) groups is 1. The zero-order chi connectivity index (χ0) is 16.8. The van der Waals surface area contributed by atoms with Crippen molar-refractivity contribution in [1.82, 2.24) is 19.9 Å². The molecule has 7 heteroatoms. The van der Waals surface area contributed by atoms with Gasteiger partial charge in [0.25, 0.3) is 0 Å². The molecule has 2 heterocycles. The standard InChI is InChI=1S/C17H18N4O2S/c1-2-23-13-6-8-14(9-7-13)24-12-17(22)18-11-16-20-19-15-5-3-4-10-21(15)16/h3-10H,2,11-12H2,1H3,(H,18,22). The molecule has 6 nitrogen and oxygen atoms in total. The van der Waals surface area contributed by atoms with Crippen LogP contribution >= 0.6 is 11.8 Å². The highest BCUT2D eigenvalue weighted by molar-refractivity contribution is 8.00. The van der Waals surface area contributed by atoms with Gasteiger partial charge in [0.15, 0.2) is 11.5 Å². The van der Waals surface area contributed by atoms with Gasteiger partial charge in [-0.05, 0) is 43.3 Å². The number of fused-ring (bicyclic) bond motifs is 1. The largest absolute Gasteiger partial charge is 0.494 e. The van der Waals surface area contributed by atoms with Crippen LogP contribution in [0.5, 0.6) is 5.75 Å². The summed E-state index contributed by atoms with van der Waals surface area (Å²) >= 11 is 1.49. The fraction of sp³-hybridized carbons (Fsp3) is 0.235. The number of benzene rings is 1. The van der Waals surface area contributed by atoms with Crippen LogP contribution in [-0.2, 0) is 11.3 Å². The highest BCUT2D eigenvalue weighted by Crippen LogP contribution is 2.21. The van der Waals surface area contributed by atoms with Gasteiger partial charge in [0.2, 0.25) is 5.91 Å². The molecule has 1 N–H and O–H groups in total. The van der Waals surface area contributed by atoms with Crippen molar-refractivity contribution in [2.24, 2.45) is 0 Å². The van der Waals surface area contributed by atoms with Crippen LogP contribution in [0.1, 0.15) is 12.7 Å². The number of nitrogens with zero attached hydrogens (tertiary/aromatic N) is 3. The first-order valence-corrected chi connectivity index (χ1v) is 8.66. The molecule has 0 spiro atoms. The van der Waals surface area contributed by atoms with Gasteiger partial charge in [-0.3, -0.25) is 9.20 Å². The number of ether oxygens (including phenoxy) is 1. The van der Waals surface area contributed by atoms with Gasteiger partial charge in [0, 0.05) is 11.1 Å². The summed E-state index contributed by atoms with van der Waals surface area (Å²) in [6.07, 6.45) is 1.88. The Hall–Kier alpha value is -2.54. The van der Waals surface area contributed by atoms with Crippen molar-refractivity contribution in [2.75, 3.05) is 12.4 Å². The van der Waals surface area contributed by atoms with Gasteiger partial charge in [0.05, 0.1) is 18.9 Å². The summed E-state index contributed by atoms with van der Waals surface area (Å²) in [4.78, 5) is 13.0. The van der Waals surface area contributed by atoms with Crippen molar-refractivity contribution < 1.29 is 9.53 Å². The summed E-state index contributed by atoms with van der Waals surface area (Å²) in [5.74, 6) is 1.86. The van der Waals surface area contributed by atoms with Gasteiger partial charge < -0.3 is 10.1 Å². The molecule has 24 heavy (non-hydrogen) atoms. The minimum Gasteiger partial charge on any atom is -0.494 e. The molecule has 1 amide bonds. The van der Waals surface area contributed by atoms with Gasteiger partial charge >= 0.3 is 0 Å². The van der Waals surface area contributed by atoms with Crippen molar-refractivity contribution in [3.05, 3.63) is 54.5 Å². The first-order valence-electron chi connectivity index (χ1n) is 7.67. The van der Waals surface area contributed by atoms with E-state index in [1.165, 1.54) is 11.8 Å². The maximum Gasteiger partial charge on any atom is 0.230 e. The fourth-order valence-corrected chi connectivity index (χ4v) is 2.92. The first kappa shape index (κ1) is 16.3. The third kappa shape index (κ3) is 4.05. The smallest absolute Gasteiger partial charge is 0.230 e. The molecule has 0 aliphatic heterocycles. The normalized spacial score (nSPS) is 10.7. The second-order valence-electron chi connectivity index (χ2n) is 5.01. The van der Waals surface area contributed by atoms with E-state index in [1.54, 1.807) is 0 Å². The average molecular weight is 342 g/mol. The summed E-state index contributed by atoms with van der Waals surface area (Å²) in [6.45, 7) is 2.95. The quantitative estimate of drug-likeness (QED) is 0.668. The second kappa shape index (κ2) is 7.83. The Morgan fingerprint density at radius 1 is 1.21 bits per heavy atom. The van der Waals surface area contributed by atoms with Gasteiger partial charge in [-0.2, -0.15) is 0 Å². The molecular formula is C17H18N4O2S. The van der Waals surface area contributed by atoms with Crippen LogP contribution in [0.4, 0.5) is 0 Å². The van der Waals surface area contributed by atoms with E-state index < -0.39 is 0 Å². The lowest BCUT2D eigenvalue weighted by molar-refractivity contribution is -0.118. The van der Waals surface area contributed by atoms with E-state index in [4.69, 9.17) is 4.74 Å². The minimum atomic E-state index is -0.0402.